The van der Waals surface area contributed by atoms with E-state index >= 15 is 0 Å². The zero-order valence-electron chi connectivity index (χ0n) is 10.3. The summed E-state index contributed by atoms with van der Waals surface area (Å²) in [5.41, 5.74) is 10.1. The van der Waals surface area contributed by atoms with Gasteiger partial charge in [-0.2, -0.15) is 0 Å². The van der Waals surface area contributed by atoms with E-state index in [-0.39, 0.29) is 0 Å². The summed E-state index contributed by atoms with van der Waals surface area (Å²) in [4.78, 5) is 4.53. The quantitative estimate of drug-likeness (QED) is 0.908. The van der Waals surface area contributed by atoms with E-state index in [2.05, 4.69) is 24.2 Å². The molecule has 1 aromatic heterocycles. The number of methoxy groups -OCH3 is 1. The van der Waals surface area contributed by atoms with E-state index in [9.17, 15) is 0 Å². The van der Waals surface area contributed by atoms with Crippen molar-refractivity contribution in [2.45, 2.75) is 20.4 Å². The lowest BCUT2D eigenvalue weighted by Gasteiger charge is -2.10. The van der Waals surface area contributed by atoms with Crippen LogP contribution < -0.4 is 10.5 Å². The van der Waals surface area contributed by atoms with Crippen LogP contribution in [0.25, 0.3) is 11.3 Å². The molecule has 17 heavy (non-hydrogen) atoms. The molecule has 90 valence electrons. The molecule has 3 nitrogen and oxygen atoms in total. The van der Waals surface area contributed by atoms with Crippen molar-refractivity contribution in [3.8, 4) is 17.0 Å². The largest absolute Gasteiger partial charge is 0.497 e. The molecule has 0 aliphatic heterocycles. The molecule has 0 unspecified atom stereocenters. The number of rotatable bonds is 3. The molecule has 0 bridgehead atoms. The van der Waals surface area contributed by atoms with Gasteiger partial charge in [-0.15, -0.1) is 11.3 Å². The molecule has 0 atom stereocenters. The van der Waals surface area contributed by atoms with E-state index in [1.807, 2.05) is 12.1 Å². The van der Waals surface area contributed by atoms with Crippen LogP contribution in [-0.4, -0.2) is 12.1 Å². The van der Waals surface area contributed by atoms with E-state index in [4.69, 9.17) is 10.5 Å². The van der Waals surface area contributed by atoms with Crippen LogP contribution in [0.4, 0.5) is 0 Å². The third-order valence-corrected chi connectivity index (χ3v) is 3.60. The number of aromatic nitrogens is 1. The Morgan fingerprint density at radius 2 is 1.94 bits per heavy atom. The fraction of sp³-hybridized carbons (Fsp3) is 0.308. The van der Waals surface area contributed by atoms with E-state index in [0.29, 0.717) is 6.54 Å². The Morgan fingerprint density at radius 1 is 1.29 bits per heavy atom. The zero-order chi connectivity index (χ0) is 12.4. The summed E-state index contributed by atoms with van der Waals surface area (Å²) in [6, 6.07) is 4.06. The fourth-order valence-electron chi connectivity index (χ4n) is 1.97. The highest BCUT2D eigenvalue weighted by Crippen LogP contribution is 2.31. The minimum absolute atomic E-state index is 0.499. The normalized spacial score (nSPS) is 10.6. The van der Waals surface area contributed by atoms with Crippen molar-refractivity contribution in [3.63, 3.8) is 0 Å². The molecule has 1 aromatic carbocycles. The maximum atomic E-state index is 5.59. The van der Waals surface area contributed by atoms with Crippen LogP contribution in [0.5, 0.6) is 5.75 Å². The van der Waals surface area contributed by atoms with Gasteiger partial charge in [-0.05, 0) is 37.1 Å². The van der Waals surface area contributed by atoms with Crippen LogP contribution >= 0.6 is 11.3 Å². The molecule has 2 rings (SSSR count). The molecular weight excluding hydrogens is 232 g/mol. The summed E-state index contributed by atoms with van der Waals surface area (Å²) in [6.07, 6.45) is 0. The lowest BCUT2D eigenvalue weighted by Crippen LogP contribution is -1.96. The maximum absolute atomic E-state index is 5.59. The molecule has 0 aliphatic rings. The molecule has 0 saturated heterocycles. The van der Waals surface area contributed by atoms with Crippen molar-refractivity contribution in [1.82, 2.24) is 4.98 Å². The predicted molar refractivity (Wildman–Crippen MR) is 71.5 cm³/mol. The third-order valence-electron chi connectivity index (χ3n) is 2.72. The Labute approximate surface area is 105 Å². The Morgan fingerprint density at radius 3 is 2.41 bits per heavy atom. The van der Waals surface area contributed by atoms with Gasteiger partial charge in [-0.25, -0.2) is 4.98 Å². The summed E-state index contributed by atoms with van der Waals surface area (Å²) in [7, 11) is 1.68. The highest BCUT2D eigenvalue weighted by Gasteiger charge is 2.11. The standard InChI is InChI=1S/C13H16N2OS/c1-8-4-10(16-3)5-9(2)13(8)11-7-17-12(6-14)15-11/h4-5,7H,6,14H2,1-3H3. The Balaban J connectivity index is 2.51. The topological polar surface area (TPSA) is 48.1 Å². The van der Waals surface area contributed by atoms with Crippen molar-refractivity contribution in [3.05, 3.63) is 33.6 Å². The van der Waals surface area contributed by atoms with Gasteiger partial charge in [-0.3, -0.25) is 0 Å². The van der Waals surface area contributed by atoms with Crippen LogP contribution in [0.2, 0.25) is 0 Å². The number of hydrogen-bond acceptors (Lipinski definition) is 4. The van der Waals surface area contributed by atoms with Crippen LogP contribution in [0.15, 0.2) is 17.5 Å². The number of nitrogens with two attached hydrogens (primary N) is 1. The van der Waals surface area contributed by atoms with Gasteiger partial charge >= 0.3 is 0 Å². The van der Waals surface area contributed by atoms with E-state index in [1.54, 1.807) is 18.4 Å². The molecule has 0 amide bonds. The highest BCUT2D eigenvalue weighted by molar-refractivity contribution is 7.09. The van der Waals surface area contributed by atoms with E-state index < -0.39 is 0 Å². The Hall–Kier alpha value is -1.39. The van der Waals surface area contributed by atoms with Gasteiger partial charge in [0.1, 0.15) is 10.8 Å². The van der Waals surface area contributed by atoms with Crippen LogP contribution in [0, 0.1) is 13.8 Å². The SMILES string of the molecule is COc1cc(C)c(-c2csc(CN)n2)c(C)c1. The minimum atomic E-state index is 0.499. The summed E-state index contributed by atoms with van der Waals surface area (Å²) < 4.78 is 5.26. The lowest BCUT2D eigenvalue weighted by atomic mass is 10.0. The molecular formula is C13H16N2OS. The molecule has 0 fully saturated rings. The van der Waals surface area contributed by atoms with Gasteiger partial charge in [0.2, 0.25) is 0 Å². The predicted octanol–water partition coefficient (Wildman–Crippen LogP) is 2.89. The van der Waals surface area contributed by atoms with Gasteiger partial charge in [0.05, 0.1) is 12.8 Å². The molecule has 4 heteroatoms. The van der Waals surface area contributed by atoms with Gasteiger partial charge in [-0.1, -0.05) is 0 Å². The van der Waals surface area contributed by atoms with Crippen molar-refractivity contribution >= 4 is 11.3 Å². The Bertz CT molecular complexity index is 511. The number of hydrogen-bond donors (Lipinski definition) is 1. The zero-order valence-corrected chi connectivity index (χ0v) is 11.1. The molecule has 0 aliphatic carbocycles. The molecule has 0 spiro atoms. The summed E-state index contributed by atoms with van der Waals surface area (Å²) in [6.45, 7) is 4.65. The van der Waals surface area contributed by atoms with Gasteiger partial charge in [0.15, 0.2) is 0 Å². The van der Waals surface area contributed by atoms with Crippen LogP contribution in [0.3, 0.4) is 0 Å². The van der Waals surface area contributed by atoms with Gasteiger partial charge in [0.25, 0.3) is 0 Å². The molecule has 2 aromatic rings. The molecule has 2 N–H and O–H groups in total. The average Bonchev–Trinajstić information content (AvgIpc) is 2.76. The second kappa shape index (κ2) is 4.85. The van der Waals surface area contributed by atoms with Gasteiger partial charge in [0, 0.05) is 17.5 Å². The van der Waals surface area contributed by atoms with Crippen molar-refractivity contribution in [2.24, 2.45) is 5.73 Å². The number of ether oxygens (including phenoxy) is 1. The number of nitrogens with zero attached hydrogens (tertiary/aromatic N) is 1. The first-order valence-electron chi connectivity index (χ1n) is 5.45. The van der Waals surface area contributed by atoms with E-state index in [1.165, 1.54) is 16.7 Å². The van der Waals surface area contributed by atoms with Crippen LogP contribution in [-0.2, 0) is 6.54 Å². The highest BCUT2D eigenvalue weighted by atomic mass is 32.1. The molecule has 0 saturated carbocycles. The number of aryl methyl sites for hydroxylation is 2. The summed E-state index contributed by atoms with van der Waals surface area (Å²) >= 11 is 1.60. The lowest BCUT2D eigenvalue weighted by molar-refractivity contribution is 0.414. The second-order valence-electron chi connectivity index (χ2n) is 3.97. The smallest absolute Gasteiger partial charge is 0.119 e. The first-order chi connectivity index (χ1) is 8.15. The van der Waals surface area contributed by atoms with Crippen LogP contribution in [0.1, 0.15) is 16.1 Å². The molecule has 0 radical (unpaired) electrons. The molecule has 1 heterocycles. The Kier molecular flexibility index (Phi) is 3.45. The third kappa shape index (κ3) is 2.33. The first kappa shape index (κ1) is 12.1. The summed E-state index contributed by atoms with van der Waals surface area (Å²) in [5.74, 6) is 0.887. The van der Waals surface area contributed by atoms with Crippen molar-refractivity contribution < 1.29 is 4.74 Å². The first-order valence-corrected chi connectivity index (χ1v) is 6.33. The summed E-state index contributed by atoms with van der Waals surface area (Å²) in [5, 5.41) is 3.03. The average molecular weight is 248 g/mol. The van der Waals surface area contributed by atoms with Crippen molar-refractivity contribution in [2.75, 3.05) is 7.11 Å². The van der Waals surface area contributed by atoms with Crippen molar-refractivity contribution in [1.29, 1.82) is 0 Å². The number of benzene rings is 1. The monoisotopic (exact) mass is 248 g/mol. The number of thiazole rings is 1. The maximum Gasteiger partial charge on any atom is 0.119 e. The van der Waals surface area contributed by atoms with Gasteiger partial charge < -0.3 is 10.5 Å². The fourth-order valence-corrected chi connectivity index (χ4v) is 2.63. The van der Waals surface area contributed by atoms with E-state index in [0.717, 1.165) is 16.5 Å². The second-order valence-corrected chi connectivity index (χ2v) is 4.91. The minimum Gasteiger partial charge on any atom is -0.497 e.